The lowest BCUT2D eigenvalue weighted by Gasteiger charge is -2.21. The van der Waals surface area contributed by atoms with E-state index in [0.29, 0.717) is 29.7 Å². The number of pyridine rings is 1. The van der Waals surface area contributed by atoms with Gasteiger partial charge in [0.25, 0.3) is 0 Å². The Labute approximate surface area is 174 Å². The van der Waals surface area contributed by atoms with Gasteiger partial charge in [-0.05, 0) is 37.8 Å². The molecule has 0 saturated heterocycles. The molecule has 0 spiro atoms. The molecular formula is C22H34N6O. The Morgan fingerprint density at radius 1 is 1.14 bits per heavy atom. The number of ether oxygens (including phenoxy) is 1. The lowest BCUT2D eigenvalue weighted by Crippen LogP contribution is -2.26. The summed E-state index contributed by atoms with van der Waals surface area (Å²) in [6.45, 7) is 10.7. The van der Waals surface area contributed by atoms with E-state index in [1.54, 1.807) is 14.0 Å². The van der Waals surface area contributed by atoms with Crippen LogP contribution >= 0.6 is 0 Å². The van der Waals surface area contributed by atoms with Gasteiger partial charge < -0.3 is 20.8 Å². The van der Waals surface area contributed by atoms with Gasteiger partial charge in [0.15, 0.2) is 5.82 Å². The Balaban J connectivity index is 2.62. The molecule has 0 bridgehead atoms. The van der Waals surface area contributed by atoms with Gasteiger partial charge >= 0.3 is 0 Å². The molecule has 1 unspecified atom stereocenters. The van der Waals surface area contributed by atoms with E-state index in [2.05, 4.69) is 38.3 Å². The van der Waals surface area contributed by atoms with Crippen molar-refractivity contribution in [1.29, 1.82) is 5.41 Å². The van der Waals surface area contributed by atoms with Crippen LogP contribution in [0.4, 0.5) is 11.6 Å². The van der Waals surface area contributed by atoms with Crippen LogP contribution in [0.15, 0.2) is 12.1 Å². The quantitative estimate of drug-likeness (QED) is 0.510. The number of rotatable bonds is 10. The first-order chi connectivity index (χ1) is 13.9. The molecule has 2 rings (SSSR count). The average Bonchev–Trinajstić information content (AvgIpc) is 2.72. The van der Waals surface area contributed by atoms with Crippen LogP contribution in [0.3, 0.4) is 0 Å². The third-order valence-electron chi connectivity index (χ3n) is 4.86. The van der Waals surface area contributed by atoms with Crippen molar-refractivity contribution in [2.45, 2.75) is 59.4 Å². The van der Waals surface area contributed by atoms with E-state index in [4.69, 9.17) is 25.1 Å². The zero-order chi connectivity index (χ0) is 21.6. The van der Waals surface area contributed by atoms with Crippen LogP contribution in [0.5, 0.6) is 0 Å². The minimum atomic E-state index is 0.114. The van der Waals surface area contributed by atoms with Gasteiger partial charge in [0.1, 0.15) is 11.5 Å². The van der Waals surface area contributed by atoms with Crippen LogP contribution < -0.4 is 10.6 Å². The summed E-state index contributed by atoms with van der Waals surface area (Å²) in [4.78, 5) is 14.5. The largest absolute Gasteiger partial charge is 0.383 e. The fraction of sp³-hybridized carbons (Fsp3) is 0.545. The first kappa shape index (κ1) is 22.7. The summed E-state index contributed by atoms with van der Waals surface area (Å²) in [5.74, 6) is 1.76. The van der Waals surface area contributed by atoms with Crippen LogP contribution in [0.1, 0.15) is 64.0 Å². The molecule has 0 aliphatic carbocycles. The highest BCUT2D eigenvalue weighted by Gasteiger charge is 2.20. The van der Waals surface area contributed by atoms with Crippen molar-refractivity contribution in [2.75, 3.05) is 31.4 Å². The fourth-order valence-electron chi connectivity index (χ4n) is 3.13. The fourth-order valence-corrected chi connectivity index (χ4v) is 3.13. The number of anilines is 2. The van der Waals surface area contributed by atoms with Crippen molar-refractivity contribution in [1.82, 2.24) is 15.0 Å². The number of hydrogen-bond donors (Lipinski definition) is 3. The smallest absolute Gasteiger partial charge is 0.154 e. The van der Waals surface area contributed by atoms with E-state index in [-0.39, 0.29) is 6.04 Å². The molecule has 1 atom stereocenters. The highest BCUT2D eigenvalue weighted by Crippen LogP contribution is 2.31. The van der Waals surface area contributed by atoms with Gasteiger partial charge in [-0.3, -0.25) is 0 Å². The van der Waals surface area contributed by atoms with Gasteiger partial charge in [-0.2, -0.15) is 0 Å². The molecule has 2 heterocycles. The summed E-state index contributed by atoms with van der Waals surface area (Å²) >= 11 is 0. The second-order valence-corrected chi connectivity index (χ2v) is 7.44. The molecular weight excluding hydrogens is 364 g/mol. The maximum Gasteiger partial charge on any atom is 0.154 e. The van der Waals surface area contributed by atoms with Crippen LogP contribution in [0.2, 0.25) is 0 Å². The molecule has 7 nitrogen and oxygen atoms in total. The Hall–Kier alpha value is -2.54. The van der Waals surface area contributed by atoms with Gasteiger partial charge in [-0.15, -0.1) is 0 Å². The molecule has 29 heavy (non-hydrogen) atoms. The molecule has 0 aromatic carbocycles. The van der Waals surface area contributed by atoms with Crippen molar-refractivity contribution in [3.8, 4) is 11.3 Å². The van der Waals surface area contributed by atoms with E-state index < -0.39 is 0 Å². The monoisotopic (exact) mass is 398 g/mol. The summed E-state index contributed by atoms with van der Waals surface area (Å²) in [5, 5.41) is 14.9. The lowest BCUT2D eigenvalue weighted by atomic mass is 10.0. The molecule has 0 radical (unpaired) electrons. The van der Waals surface area contributed by atoms with Gasteiger partial charge in [-0.1, -0.05) is 27.7 Å². The highest BCUT2D eigenvalue weighted by atomic mass is 16.5. The van der Waals surface area contributed by atoms with E-state index in [0.717, 1.165) is 41.3 Å². The topological polar surface area (TPSA) is 95.8 Å². The Morgan fingerprint density at radius 2 is 1.86 bits per heavy atom. The predicted molar refractivity (Wildman–Crippen MR) is 120 cm³/mol. The Kier molecular flexibility index (Phi) is 8.08. The molecule has 0 aliphatic heterocycles. The van der Waals surface area contributed by atoms with Crippen molar-refractivity contribution >= 4 is 17.3 Å². The normalized spacial score (nSPS) is 12.1. The second kappa shape index (κ2) is 10.3. The molecule has 2 aromatic heterocycles. The van der Waals surface area contributed by atoms with Gasteiger partial charge in [0.05, 0.1) is 29.7 Å². The minimum Gasteiger partial charge on any atom is -0.383 e. The standard InChI is InChI=1S/C22H34N6O/c1-8-15(12-29-7)25-22-19(14(5)23)28-20(17(9-2)26-22)16-10-11-18(13(3)4)27-21(16)24-6/h10-11,13,15,23H,8-9,12H2,1-7H3,(H,24,27)(H,25,26). The SMILES string of the molecule is CCc1nc(NC(CC)COC)c(C(C)=N)nc1-c1ccc(C(C)C)nc1NC. The molecule has 0 amide bonds. The van der Waals surface area contributed by atoms with Crippen LogP contribution in [-0.2, 0) is 11.2 Å². The summed E-state index contributed by atoms with van der Waals surface area (Å²) in [6.07, 6.45) is 1.62. The highest BCUT2D eigenvalue weighted by molar-refractivity contribution is 5.99. The Bertz CT molecular complexity index is 849. The molecule has 2 aromatic rings. The number of methoxy groups -OCH3 is 1. The predicted octanol–water partition coefficient (Wildman–Crippen LogP) is 4.49. The van der Waals surface area contributed by atoms with Crippen LogP contribution in [-0.4, -0.2) is 47.5 Å². The van der Waals surface area contributed by atoms with Crippen molar-refractivity contribution < 1.29 is 4.74 Å². The molecule has 0 saturated carbocycles. The third-order valence-corrected chi connectivity index (χ3v) is 4.86. The number of nitrogens with one attached hydrogen (secondary N) is 3. The van der Waals surface area contributed by atoms with E-state index in [1.807, 2.05) is 19.2 Å². The number of hydrogen-bond acceptors (Lipinski definition) is 7. The zero-order valence-electron chi connectivity index (χ0n) is 18.7. The maximum atomic E-state index is 8.25. The molecule has 3 N–H and O–H groups in total. The lowest BCUT2D eigenvalue weighted by molar-refractivity contribution is 0.184. The van der Waals surface area contributed by atoms with Crippen molar-refractivity contribution in [3.63, 3.8) is 0 Å². The number of aryl methyl sites for hydroxylation is 1. The van der Waals surface area contributed by atoms with E-state index in [9.17, 15) is 0 Å². The molecule has 0 aliphatic rings. The second-order valence-electron chi connectivity index (χ2n) is 7.44. The van der Waals surface area contributed by atoms with Gasteiger partial charge in [-0.25, -0.2) is 15.0 Å². The molecule has 158 valence electrons. The summed E-state index contributed by atoms with van der Waals surface area (Å²) in [7, 11) is 3.55. The first-order valence-corrected chi connectivity index (χ1v) is 10.3. The van der Waals surface area contributed by atoms with Crippen molar-refractivity contribution in [2.24, 2.45) is 0 Å². The third kappa shape index (κ3) is 5.29. The zero-order valence-corrected chi connectivity index (χ0v) is 18.7. The number of nitrogens with zero attached hydrogens (tertiary/aromatic N) is 3. The summed E-state index contributed by atoms with van der Waals surface area (Å²) in [5.41, 5.74) is 4.50. The summed E-state index contributed by atoms with van der Waals surface area (Å²) < 4.78 is 5.30. The summed E-state index contributed by atoms with van der Waals surface area (Å²) in [6, 6.07) is 4.20. The number of aromatic nitrogens is 3. The van der Waals surface area contributed by atoms with Gasteiger partial charge in [0, 0.05) is 25.4 Å². The van der Waals surface area contributed by atoms with E-state index >= 15 is 0 Å². The van der Waals surface area contributed by atoms with Gasteiger partial charge in [0.2, 0.25) is 0 Å². The first-order valence-electron chi connectivity index (χ1n) is 10.3. The Morgan fingerprint density at radius 3 is 2.38 bits per heavy atom. The van der Waals surface area contributed by atoms with Crippen LogP contribution in [0.25, 0.3) is 11.3 Å². The average molecular weight is 399 g/mol. The van der Waals surface area contributed by atoms with Crippen LogP contribution in [0, 0.1) is 5.41 Å². The minimum absolute atomic E-state index is 0.114. The van der Waals surface area contributed by atoms with Crippen molar-refractivity contribution in [3.05, 3.63) is 29.2 Å². The molecule has 0 fully saturated rings. The van der Waals surface area contributed by atoms with E-state index in [1.165, 1.54) is 0 Å². The molecule has 7 heteroatoms. The maximum absolute atomic E-state index is 8.25.